The Hall–Kier alpha value is -1.75. The predicted octanol–water partition coefficient (Wildman–Crippen LogP) is 1.93. The first-order valence-electron chi connectivity index (χ1n) is 6.66. The van der Waals surface area contributed by atoms with Crippen molar-refractivity contribution in [3.8, 4) is 11.5 Å². The lowest BCUT2D eigenvalue weighted by molar-refractivity contribution is 0.0930. The smallest absolute Gasteiger partial charge is 0.255 e. The fourth-order valence-corrected chi connectivity index (χ4v) is 1.89. The Balaban J connectivity index is 2.63. The van der Waals surface area contributed by atoms with Crippen molar-refractivity contribution in [1.82, 2.24) is 5.32 Å². The molecule has 0 aliphatic carbocycles. The van der Waals surface area contributed by atoms with Crippen LogP contribution in [0.2, 0.25) is 0 Å². The molecule has 0 spiro atoms. The number of carbonyl (C=O) groups excluding carboxylic acids is 1. The average molecular weight is 281 g/mol. The summed E-state index contributed by atoms with van der Waals surface area (Å²) in [6.07, 6.45) is 1.52. The number of phenolic OH excluding ortho intramolecular Hbond substituents is 1. The third kappa shape index (κ3) is 4.74. The van der Waals surface area contributed by atoms with Crippen molar-refractivity contribution in [3.05, 3.63) is 23.8 Å². The zero-order valence-electron chi connectivity index (χ0n) is 12.3. The van der Waals surface area contributed by atoms with Crippen molar-refractivity contribution < 1.29 is 19.7 Å². The van der Waals surface area contributed by atoms with E-state index in [-0.39, 0.29) is 29.2 Å². The van der Waals surface area contributed by atoms with Gasteiger partial charge in [0.15, 0.2) is 0 Å². The van der Waals surface area contributed by atoms with Crippen LogP contribution in [0.1, 0.15) is 37.0 Å². The van der Waals surface area contributed by atoms with Crippen LogP contribution in [0.5, 0.6) is 11.5 Å². The molecule has 20 heavy (non-hydrogen) atoms. The predicted molar refractivity (Wildman–Crippen MR) is 77.1 cm³/mol. The van der Waals surface area contributed by atoms with Gasteiger partial charge in [0, 0.05) is 19.2 Å². The zero-order valence-corrected chi connectivity index (χ0v) is 12.3. The molecule has 0 atom stereocenters. The molecule has 0 saturated heterocycles. The number of benzene rings is 1. The van der Waals surface area contributed by atoms with Crippen LogP contribution in [0, 0.1) is 5.41 Å². The number of aromatic hydroxyl groups is 1. The summed E-state index contributed by atoms with van der Waals surface area (Å²) in [6, 6.07) is 4.57. The van der Waals surface area contributed by atoms with E-state index in [2.05, 4.69) is 5.32 Å². The third-order valence-corrected chi connectivity index (χ3v) is 3.19. The molecule has 5 nitrogen and oxygen atoms in total. The number of phenols is 1. The van der Waals surface area contributed by atoms with E-state index >= 15 is 0 Å². The van der Waals surface area contributed by atoms with Crippen LogP contribution in [-0.4, -0.2) is 36.4 Å². The van der Waals surface area contributed by atoms with Crippen molar-refractivity contribution in [2.75, 3.05) is 20.3 Å². The number of rotatable bonds is 7. The summed E-state index contributed by atoms with van der Waals surface area (Å²) in [7, 11) is 1.50. The second-order valence-corrected chi connectivity index (χ2v) is 5.56. The Kier molecular flexibility index (Phi) is 5.82. The molecule has 0 heterocycles. The van der Waals surface area contributed by atoms with Gasteiger partial charge in [-0.3, -0.25) is 4.79 Å². The minimum Gasteiger partial charge on any atom is -0.507 e. The summed E-state index contributed by atoms with van der Waals surface area (Å²) in [5.41, 5.74) is 0.129. The van der Waals surface area contributed by atoms with Crippen molar-refractivity contribution >= 4 is 5.91 Å². The molecule has 1 rings (SSSR count). The molecule has 0 bridgehead atoms. The van der Waals surface area contributed by atoms with Crippen LogP contribution in [-0.2, 0) is 0 Å². The lowest BCUT2D eigenvalue weighted by Crippen LogP contribution is -2.34. The van der Waals surface area contributed by atoms with E-state index in [1.165, 1.54) is 19.2 Å². The van der Waals surface area contributed by atoms with E-state index in [4.69, 9.17) is 9.84 Å². The minimum absolute atomic E-state index is 0.0967. The SMILES string of the molecule is COc1ccc(C(=O)NCC(C)(C)CCCO)c(O)c1. The van der Waals surface area contributed by atoms with Crippen molar-refractivity contribution in [3.63, 3.8) is 0 Å². The van der Waals surface area contributed by atoms with Gasteiger partial charge >= 0.3 is 0 Å². The number of aliphatic hydroxyl groups excluding tert-OH is 1. The molecule has 1 aromatic carbocycles. The maximum atomic E-state index is 12.0. The molecule has 0 aliphatic rings. The van der Waals surface area contributed by atoms with E-state index in [1.807, 2.05) is 13.8 Å². The van der Waals surface area contributed by atoms with Crippen LogP contribution in [0.15, 0.2) is 18.2 Å². The van der Waals surface area contributed by atoms with E-state index in [0.29, 0.717) is 18.7 Å². The van der Waals surface area contributed by atoms with Crippen molar-refractivity contribution in [2.24, 2.45) is 5.41 Å². The Morgan fingerprint density at radius 1 is 1.40 bits per heavy atom. The fraction of sp³-hybridized carbons (Fsp3) is 0.533. The van der Waals surface area contributed by atoms with Gasteiger partial charge in [-0.2, -0.15) is 0 Å². The number of methoxy groups -OCH3 is 1. The molecule has 0 aliphatic heterocycles. The number of hydrogen-bond donors (Lipinski definition) is 3. The topological polar surface area (TPSA) is 78.8 Å². The molecule has 0 aromatic heterocycles. The summed E-state index contributed by atoms with van der Waals surface area (Å²) < 4.78 is 4.97. The van der Waals surface area contributed by atoms with E-state index < -0.39 is 0 Å². The lowest BCUT2D eigenvalue weighted by Gasteiger charge is -2.24. The summed E-state index contributed by atoms with van der Waals surface area (Å²) >= 11 is 0. The highest BCUT2D eigenvalue weighted by Gasteiger charge is 2.20. The molecule has 0 fully saturated rings. The van der Waals surface area contributed by atoms with Crippen molar-refractivity contribution in [1.29, 1.82) is 0 Å². The first-order valence-corrected chi connectivity index (χ1v) is 6.66. The Morgan fingerprint density at radius 3 is 2.65 bits per heavy atom. The van der Waals surface area contributed by atoms with Gasteiger partial charge in [0.25, 0.3) is 5.91 Å². The van der Waals surface area contributed by atoms with Gasteiger partial charge in [0.1, 0.15) is 11.5 Å². The third-order valence-electron chi connectivity index (χ3n) is 3.19. The van der Waals surface area contributed by atoms with Gasteiger partial charge in [0.2, 0.25) is 0 Å². The standard InChI is InChI=1S/C15H23NO4/c1-15(2,7-4-8-17)10-16-14(19)12-6-5-11(20-3)9-13(12)18/h5-6,9,17-18H,4,7-8,10H2,1-3H3,(H,16,19). The quantitative estimate of drug-likeness (QED) is 0.713. The summed E-state index contributed by atoms with van der Waals surface area (Å²) in [5, 5.41) is 21.4. The van der Waals surface area contributed by atoms with Gasteiger partial charge < -0.3 is 20.3 Å². The first kappa shape index (κ1) is 16.3. The zero-order chi connectivity index (χ0) is 15.2. The Labute approximate surface area is 119 Å². The largest absolute Gasteiger partial charge is 0.507 e. The maximum Gasteiger partial charge on any atom is 0.255 e. The Morgan fingerprint density at radius 2 is 2.10 bits per heavy atom. The van der Waals surface area contributed by atoms with Crippen LogP contribution < -0.4 is 10.1 Å². The number of ether oxygens (including phenoxy) is 1. The second kappa shape index (κ2) is 7.14. The normalized spacial score (nSPS) is 11.2. The molecular formula is C15H23NO4. The monoisotopic (exact) mass is 281 g/mol. The molecule has 0 unspecified atom stereocenters. The molecule has 0 saturated carbocycles. The molecule has 3 N–H and O–H groups in total. The van der Waals surface area contributed by atoms with Crippen LogP contribution >= 0.6 is 0 Å². The summed E-state index contributed by atoms with van der Waals surface area (Å²) in [6.45, 7) is 4.68. The highest BCUT2D eigenvalue weighted by Crippen LogP contribution is 2.24. The lowest BCUT2D eigenvalue weighted by atomic mass is 9.88. The first-order chi connectivity index (χ1) is 9.39. The summed E-state index contributed by atoms with van der Waals surface area (Å²) in [5.74, 6) is 0.0829. The number of carbonyl (C=O) groups is 1. The molecule has 1 amide bonds. The number of aliphatic hydroxyl groups is 1. The highest BCUT2D eigenvalue weighted by molar-refractivity contribution is 5.97. The van der Waals surface area contributed by atoms with Gasteiger partial charge in [-0.05, 0) is 30.4 Å². The average Bonchev–Trinajstić information content (AvgIpc) is 2.42. The molecular weight excluding hydrogens is 258 g/mol. The molecule has 0 radical (unpaired) electrons. The Bertz CT molecular complexity index is 457. The molecule has 1 aromatic rings. The van der Waals surface area contributed by atoms with E-state index in [9.17, 15) is 9.90 Å². The molecule has 5 heteroatoms. The van der Waals surface area contributed by atoms with Gasteiger partial charge in [-0.25, -0.2) is 0 Å². The van der Waals surface area contributed by atoms with Crippen LogP contribution in [0.4, 0.5) is 0 Å². The van der Waals surface area contributed by atoms with Crippen molar-refractivity contribution in [2.45, 2.75) is 26.7 Å². The van der Waals surface area contributed by atoms with E-state index in [0.717, 1.165) is 6.42 Å². The summed E-state index contributed by atoms with van der Waals surface area (Å²) in [4.78, 5) is 12.0. The highest BCUT2D eigenvalue weighted by atomic mass is 16.5. The van der Waals surface area contributed by atoms with Gasteiger partial charge in [-0.1, -0.05) is 13.8 Å². The number of nitrogens with one attached hydrogen (secondary N) is 1. The maximum absolute atomic E-state index is 12.0. The van der Waals surface area contributed by atoms with Gasteiger partial charge in [0.05, 0.1) is 12.7 Å². The second-order valence-electron chi connectivity index (χ2n) is 5.56. The van der Waals surface area contributed by atoms with Gasteiger partial charge in [-0.15, -0.1) is 0 Å². The van der Waals surface area contributed by atoms with Crippen LogP contribution in [0.3, 0.4) is 0 Å². The minimum atomic E-state index is -0.317. The van der Waals surface area contributed by atoms with Crippen LogP contribution in [0.25, 0.3) is 0 Å². The number of hydrogen-bond acceptors (Lipinski definition) is 4. The number of amides is 1. The fourth-order valence-electron chi connectivity index (χ4n) is 1.89. The van der Waals surface area contributed by atoms with E-state index in [1.54, 1.807) is 6.07 Å². The molecule has 112 valence electrons.